The molecule has 6 heteroatoms. The standard InChI is InChI=1S/C14H18N6/c1-11-8-17-14(18-9-11)20-6-4-19(5-7-20)13-2-3-16-10-12(13)15/h2-3,8-10H,4-7,15H2,1H3. The molecule has 6 nitrogen and oxygen atoms in total. The van der Waals surface area contributed by atoms with Crippen LogP contribution in [-0.4, -0.2) is 41.1 Å². The number of nitrogen functional groups attached to an aromatic ring is 1. The van der Waals surface area contributed by atoms with Crippen molar-refractivity contribution in [1.29, 1.82) is 0 Å². The summed E-state index contributed by atoms with van der Waals surface area (Å²) >= 11 is 0. The maximum absolute atomic E-state index is 5.97. The summed E-state index contributed by atoms with van der Waals surface area (Å²) in [6, 6.07) is 1.97. The highest BCUT2D eigenvalue weighted by Crippen LogP contribution is 2.23. The van der Waals surface area contributed by atoms with Gasteiger partial charge in [0.05, 0.1) is 17.6 Å². The van der Waals surface area contributed by atoms with Gasteiger partial charge in [0.1, 0.15) is 0 Å². The molecule has 1 aliphatic rings. The van der Waals surface area contributed by atoms with Gasteiger partial charge in [-0.05, 0) is 18.6 Å². The van der Waals surface area contributed by atoms with E-state index in [2.05, 4.69) is 24.8 Å². The van der Waals surface area contributed by atoms with Crippen molar-refractivity contribution in [2.24, 2.45) is 0 Å². The number of anilines is 3. The number of hydrogen-bond donors (Lipinski definition) is 1. The number of pyridine rings is 1. The summed E-state index contributed by atoms with van der Waals surface area (Å²) in [6.07, 6.45) is 7.19. The Hall–Kier alpha value is -2.37. The molecule has 104 valence electrons. The maximum atomic E-state index is 5.97. The molecule has 0 aliphatic carbocycles. The van der Waals surface area contributed by atoms with Gasteiger partial charge in [0.15, 0.2) is 0 Å². The van der Waals surface area contributed by atoms with E-state index < -0.39 is 0 Å². The molecule has 0 atom stereocenters. The van der Waals surface area contributed by atoms with E-state index in [4.69, 9.17) is 5.73 Å². The molecule has 20 heavy (non-hydrogen) atoms. The highest BCUT2D eigenvalue weighted by molar-refractivity contribution is 5.66. The van der Waals surface area contributed by atoms with E-state index in [1.807, 2.05) is 25.4 Å². The molecular formula is C14H18N6. The van der Waals surface area contributed by atoms with Crippen molar-refractivity contribution in [3.8, 4) is 0 Å². The third kappa shape index (κ3) is 2.49. The number of aryl methyl sites for hydroxylation is 1. The normalized spacial score (nSPS) is 15.4. The minimum absolute atomic E-state index is 0.729. The van der Waals surface area contributed by atoms with Crippen molar-refractivity contribution in [2.45, 2.75) is 6.92 Å². The van der Waals surface area contributed by atoms with Crippen molar-refractivity contribution in [1.82, 2.24) is 15.0 Å². The zero-order valence-electron chi connectivity index (χ0n) is 11.5. The topological polar surface area (TPSA) is 71.2 Å². The van der Waals surface area contributed by atoms with E-state index in [0.717, 1.165) is 49.1 Å². The fourth-order valence-electron chi connectivity index (χ4n) is 2.38. The molecule has 3 heterocycles. The number of rotatable bonds is 2. The Labute approximate surface area is 118 Å². The lowest BCUT2D eigenvalue weighted by molar-refractivity contribution is 0.640. The molecule has 3 rings (SSSR count). The maximum Gasteiger partial charge on any atom is 0.225 e. The summed E-state index contributed by atoms with van der Waals surface area (Å²) in [4.78, 5) is 17.3. The van der Waals surface area contributed by atoms with Gasteiger partial charge in [-0.2, -0.15) is 0 Å². The predicted octanol–water partition coefficient (Wildman–Crippen LogP) is 1.09. The first kappa shape index (κ1) is 12.7. The van der Waals surface area contributed by atoms with Gasteiger partial charge in [-0.1, -0.05) is 0 Å². The van der Waals surface area contributed by atoms with Crippen molar-refractivity contribution < 1.29 is 0 Å². The van der Waals surface area contributed by atoms with E-state index in [1.54, 1.807) is 12.4 Å². The summed E-state index contributed by atoms with van der Waals surface area (Å²) in [5.74, 6) is 0.804. The lowest BCUT2D eigenvalue weighted by atomic mass is 10.2. The lowest BCUT2D eigenvalue weighted by Gasteiger charge is -2.36. The lowest BCUT2D eigenvalue weighted by Crippen LogP contribution is -2.47. The Morgan fingerprint density at radius 2 is 1.65 bits per heavy atom. The molecule has 0 radical (unpaired) electrons. The third-order valence-corrected chi connectivity index (χ3v) is 3.50. The van der Waals surface area contributed by atoms with Crippen LogP contribution in [0.25, 0.3) is 0 Å². The molecule has 0 unspecified atom stereocenters. The molecule has 0 bridgehead atoms. The smallest absolute Gasteiger partial charge is 0.225 e. The van der Waals surface area contributed by atoms with Crippen LogP contribution in [0, 0.1) is 6.92 Å². The first-order chi connectivity index (χ1) is 9.74. The van der Waals surface area contributed by atoms with Gasteiger partial charge in [-0.3, -0.25) is 4.98 Å². The highest BCUT2D eigenvalue weighted by Gasteiger charge is 2.20. The zero-order chi connectivity index (χ0) is 13.9. The van der Waals surface area contributed by atoms with E-state index in [1.165, 1.54) is 0 Å². The van der Waals surface area contributed by atoms with Gasteiger partial charge >= 0.3 is 0 Å². The molecule has 1 fully saturated rings. The number of hydrogen-bond acceptors (Lipinski definition) is 6. The molecule has 0 aromatic carbocycles. The second kappa shape index (κ2) is 5.32. The summed E-state index contributed by atoms with van der Waals surface area (Å²) < 4.78 is 0. The number of piperazine rings is 1. The third-order valence-electron chi connectivity index (χ3n) is 3.50. The first-order valence-corrected chi connectivity index (χ1v) is 6.72. The predicted molar refractivity (Wildman–Crippen MR) is 79.8 cm³/mol. The fourth-order valence-corrected chi connectivity index (χ4v) is 2.38. The van der Waals surface area contributed by atoms with Crippen molar-refractivity contribution in [2.75, 3.05) is 41.7 Å². The molecule has 2 aromatic rings. The average Bonchev–Trinajstić information content (AvgIpc) is 2.49. The Bertz CT molecular complexity index is 574. The molecule has 1 saturated heterocycles. The van der Waals surface area contributed by atoms with E-state index in [0.29, 0.717) is 0 Å². The first-order valence-electron chi connectivity index (χ1n) is 6.72. The van der Waals surface area contributed by atoms with E-state index >= 15 is 0 Å². The van der Waals surface area contributed by atoms with Crippen LogP contribution in [0.5, 0.6) is 0 Å². The van der Waals surface area contributed by atoms with Crippen LogP contribution in [0.2, 0.25) is 0 Å². The molecule has 0 amide bonds. The van der Waals surface area contributed by atoms with Gasteiger partial charge in [-0.25, -0.2) is 9.97 Å². The summed E-state index contributed by atoms with van der Waals surface area (Å²) in [5, 5.41) is 0. The molecular weight excluding hydrogens is 252 g/mol. The Morgan fingerprint density at radius 3 is 2.30 bits per heavy atom. The minimum Gasteiger partial charge on any atom is -0.396 e. The van der Waals surface area contributed by atoms with Crippen molar-refractivity contribution in [3.63, 3.8) is 0 Å². The second-order valence-corrected chi connectivity index (χ2v) is 4.97. The van der Waals surface area contributed by atoms with E-state index in [9.17, 15) is 0 Å². The molecule has 0 saturated carbocycles. The fraction of sp³-hybridized carbons (Fsp3) is 0.357. The van der Waals surface area contributed by atoms with Gasteiger partial charge in [0.25, 0.3) is 0 Å². The van der Waals surface area contributed by atoms with Crippen LogP contribution in [0.3, 0.4) is 0 Å². The van der Waals surface area contributed by atoms with Crippen LogP contribution < -0.4 is 15.5 Å². The molecule has 2 N–H and O–H groups in total. The Kier molecular flexibility index (Phi) is 3.37. The Balaban J connectivity index is 1.68. The van der Waals surface area contributed by atoms with Crippen LogP contribution in [0.15, 0.2) is 30.9 Å². The monoisotopic (exact) mass is 270 g/mol. The van der Waals surface area contributed by atoms with Gasteiger partial charge in [-0.15, -0.1) is 0 Å². The minimum atomic E-state index is 0.729. The number of nitrogens with zero attached hydrogens (tertiary/aromatic N) is 5. The van der Waals surface area contributed by atoms with Crippen molar-refractivity contribution in [3.05, 3.63) is 36.4 Å². The SMILES string of the molecule is Cc1cnc(N2CCN(c3ccncc3N)CC2)nc1. The summed E-state index contributed by atoms with van der Waals surface area (Å²) in [5.41, 5.74) is 8.84. The zero-order valence-corrected chi connectivity index (χ0v) is 11.5. The number of aromatic nitrogens is 3. The van der Waals surface area contributed by atoms with Crippen LogP contribution in [0.1, 0.15) is 5.56 Å². The molecule has 0 spiro atoms. The van der Waals surface area contributed by atoms with Gasteiger partial charge in [0, 0.05) is 44.8 Å². The molecule has 1 aliphatic heterocycles. The van der Waals surface area contributed by atoms with Crippen LogP contribution in [0.4, 0.5) is 17.3 Å². The largest absolute Gasteiger partial charge is 0.396 e. The van der Waals surface area contributed by atoms with Crippen molar-refractivity contribution >= 4 is 17.3 Å². The van der Waals surface area contributed by atoms with Crippen LogP contribution in [-0.2, 0) is 0 Å². The van der Waals surface area contributed by atoms with E-state index in [-0.39, 0.29) is 0 Å². The van der Waals surface area contributed by atoms with Crippen LogP contribution >= 0.6 is 0 Å². The Morgan fingerprint density at radius 1 is 1.00 bits per heavy atom. The second-order valence-electron chi connectivity index (χ2n) is 4.97. The highest BCUT2D eigenvalue weighted by atomic mass is 15.3. The summed E-state index contributed by atoms with van der Waals surface area (Å²) in [6.45, 7) is 5.60. The van der Waals surface area contributed by atoms with Gasteiger partial charge in [0.2, 0.25) is 5.95 Å². The summed E-state index contributed by atoms with van der Waals surface area (Å²) in [7, 11) is 0. The van der Waals surface area contributed by atoms with Gasteiger partial charge < -0.3 is 15.5 Å². The average molecular weight is 270 g/mol. The quantitative estimate of drug-likeness (QED) is 0.880. The number of nitrogens with two attached hydrogens (primary N) is 1. The molecule has 2 aromatic heterocycles.